The molecule has 0 bridgehead atoms. The zero-order chi connectivity index (χ0) is 21.6. The van der Waals surface area contributed by atoms with E-state index >= 15 is 0 Å². The number of amides is 2. The minimum absolute atomic E-state index is 0.294. The van der Waals surface area contributed by atoms with Crippen molar-refractivity contribution in [2.24, 2.45) is 4.99 Å². The Morgan fingerprint density at radius 2 is 1.81 bits per heavy atom. The molecule has 9 heteroatoms. The molecule has 0 aliphatic carbocycles. The second-order valence-electron chi connectivity index (χ2n) is 6.95. The van der Waals surface area contributed by atoms with Gasteiger partial charge >= 0.3 is 6.03 Å². The van der Waals surface area contributed by atoms with Crippen LogP contribution < -0.4 is 10.6 Å². The molecule has 2 N–H and O–H groups in total. The van der Waals surface area contributed by atoms with E-state index in [9.17, 15) is 9.18 Å². The number of nitrogens with one attached hydrogen (secondary N) is 2. The molecule has 2 aromatic carbocycles. The lowest BCUT2D eigenvalue weighted by molar-refractivity contribution is 0.181. The number of piperazine rings is 1. The summed E-state index contributed by atoms with van der Waals surface area (Å²) in [7, 11) is 0. The number of hydrogen-bond acceptors (Lipinski definition) is 4. The quantitative estimate of drug-likeness (QED) is 0.378. The van der Waals surface area contributed by atoms with Crippen molar-refractivity contribution in [2.45, 2.75) is 0 Å². The summed E-state index contributed by atoms with van der Waals surface area (Å²) in [5.74, 6) is 0.0127. The van der Waals surface area contributed by atoms with Crippen molar-refractivity contribution in [3.63, 3.8) is 0 Å². The standard InChI is InChI=1S/C22H20FN7O/c23-16-4-1-5-17(14-16)27-22(31)30-12-10-29(11-13-30)21(26-15-24)28-20-8-2-7-19-18(20)6-3-9-25-19/h1-9,14H,10-13H2,(H,26,28)(H,27,31). The summed E-state index contributed by atoms with van der Waals surface area (Å²) in [6.45, 7) is 1.86. The van der Waals surface area contributed by atoms with E-state index < -0.39 is 5.82 Å². The number of aliphatic imine (C=N–C) groups is 1. The lowest BCUT2D eigenvalue weighted by Crippen LogP contribution is -2.53. The molecule has 0 radical (unpaired) electrons. The van der Waals surface area contributed by atoms with Crippen LogP contribution in [-0.4, -0.2) is 53.0 Å². The van der Waals surface area contributed by atoms with Crippen LogP contribution >= 0.6 is 0 Å². The first-order chi connectivity index (χ1) is 15.1. The molecule has 0 saturated carbocycles. The number of rotatable bonds is 2. The number of nitriles is 1. The summed E-state index contributed by atoms with van der Waals surface area (Å²) < 4.78 is 13.3. The Labute approximate surface area is 178 Å². The van der Waals surface area contributed by atoms with E-state index in [2.05, 4.69) is 20.6 Å². The Morgan fingerprint density at radius 1 is 1.03 bits per heavy atom. The molecule has 4 rings (SSSR count). The highest BCUT2D eigenvalue weighted by Gasteiger charge is 2.24. The number of carbonyl (C=O) groups excluding carboxylic acids is 1. The highest BCUT2D eigenvalue weighted by Crippen LogP contribution is 2.22. The van der Waals surface area contributed by atoms with Crippen molar-refractivity contribution >= 4 is 34.3 Å². The smallest absolute Gasteiger partial charge is 0.321 e. The lowest BCUT2D eigenvalue weighted by Gasteiger charge is -2.36. The van der Waals surface area contributed by atoms with Crippen LogP contribution in [0.3, 0.4) is 0 Å². The first kappa shape index (κ1) is 20.1. The molecule has 156 valence electrons. The lowest BCUT2D eigenvalue weighted by atomic mass is 10.2. The molecule has 3 aromatic rings. The second kappa shape index (κ2) is 9.09. The summed E-state index contributed by atoms with van der Waals surface area (Å²) in [4.78, 5) is 24.4. The average Bonchev–Trinajstić information content (AvgIpc) is 2.79. The van der Waals surface area contributed by atoms with Crippen LogP contribution in [0.1, 0.15) is 0 Å². The maximum Gasteiger partial charge on any atom is 0.321 e. The number of urea groups is 1. The summed E-state index contributed by atoms with van der Waals surface area (Å²) in [6.07, 6.45) is 3.57. The van der Waals surface area contributed by atoms with Crippen molar-refractivity contribution in [3.05, 3.63) is 66.6 Å². The van der Waals surface area contributed by atoms with Crippen molar-refractivity contribution in [1.82, 2.24) is 14.8 Å². The molecule has 2 heterocycles. The molecule has 0 atom stereocenters. The third-order valence-corrected chi connectivity index (χ3v) is 4.99. The zero-order valence-corrected chi connectivity index (χ0v) is 16.6. The van der Waals surface area contributed by atoms with Crippen LogP contribution in [0.4, 0.5) is 20.6 Å². The third-order valence-electron chi connectivity index (χ3n) is 4.99. The Hall–Kier alpha value is -4.19. The van der Waals surface area contributed by atoms with Gasteiger partial charge in [0.15, 0.2) is 0 Å². The molecular weight excluding hydrogens is 397 g/mol. The molecule has 1 aliphatic rings. The van der Waals surface area contributed by atoms with Crippen molar-refractivity contribution in [2.75, 3.05) is 36.8 Å². The number of pyridine rings is 1. The number of aromatic nitrogens is 1. The van der Waals surface area contributed by atoms with Gasteiger partial charge in [0.25, 0.3) is 0 Å². The minimum Gasteiger partial charge on any atom is -0.338 e. The summed E-state index contributed by atoms with van der Waals surface area (Å²) >= 11 is 0. The van der Waals surface area contributed by atoms with E-state index in [4.69, 9.17) is 5.26 Å². The largest absolute Gasteiger partial charge is 0.338 e. The van der Waals surface area contributed by atoms with Crippen molar-refractivity contribution in [1.29, 1.82) is 5.26 Å². The van der Waals surface area contributed by atoms with Crippen LogP contribution in [0.5, 0.6) is 0 Å². The fraction of sp³-hybridized carbons (Fsp3) is 0.182. The predicted molar refractivity (Wildman–Crippen MR) is 117 cm³/mol. The number of benzene rings is 2. The first-order valence-electron chi connectivity index (χ1n) is 9.78. The van der Waals surface area contributed by atoms with E-state index in [1.54, 1.807) is 23.2 Å². The Bertz CT molecular complexity index is 1160. The van der Waals surface area contributed by atoms with E-state index in [-0.39, 0.29) is 6.03 Å². The number of fused-ring (bicyclic) bond motifs is 1. The maximum absolute atomic E-state index is 13.3. The van der Waals surface area contributed by atoms with Gasteiger partial charge in [0.05, 0.1) is 11.2 Å². The number of hydrogen-bond donors (Lipinski definition) is 2. The van der Waals surface area contributed by atoms with E-state index in [1.807, 2.05) is 41.4 Å². The van der Waals surface area contributed by atoms with Gasteiger partial charge in [-0.3, -0.25) is 4.98 Å². The molecule has 0 spiro atoms. The maximum atomic E-state index is 13.3. The van der Waals surface area contributed by atoms with Crippen LogP contribution in [-0.2, 0) is 0 Å². The predicted octanol–water partition coefficient (Wildman–Crippen LogP) is 3.47. The summed E-state index contributed by atoms with van der Waals surface area (Å²) in [5, 5.41) is 16.0. The molecule has 1 aromatic heterocycles. The van der Waals surface area contributed by atoms with Gasteiger partial charge in [-0.25, -0.2) is 9.18 Å². The van der Waals surface area contributed by atoms with Crippen LogP contribution in [0.15, 0.2) is 65.8 Å². The molecule has 31 heavy (non-hydrogen) atoms. The van der Waals surface area contributed by atoms with Gasteiger partial charge in [-0.05, 0) is 42.5 Å². The monoisotopic (exact) mass is 417 g/mol. The molecule has 1 saturated heterocycles. The summed E-state index contributed by atoms with van der Waals surface area (Å²) in [5.41, 5.74) is 2.04. The van der Waals surface area contributed by atoms with E-state index in [0.717, 1.165) is 16.6 Å². The molecule has 0 unspecified atom stereocenters. The van der Waals surface area contributed by atoms with Crippen LogP contribution in [0, 0.1) is 17.3 Å². The molecule has 8 nitrogen and oxygen atoms in total. The SMILES string of the molecule is N#C/N=C(/Nc1cccc2ncccc12)N1CCN(C(=O)Nc2cccc(F)c2)CC1. The normalized spacial score (nSPS) is 14.3. The van der Waals surface area contributed by atoms with Gasteiger partial charge in [-0.2, -0.15) is 5.26 Å². The van der Waals surface area contributed by atoms with Crippen LogP contribution in [0.25, 0.3) is 10.9 Å². The van der Waals surface area contributed by atoms with Crippen LogP contribution in [0.2, 0.25) is 0 Å². The number of halogens is 1. The summed E-state index contributed by atoms with van der Waals surface area (Å²) in [6, 6.07) is 15.0. The van der Waals surface area contributed by atoms with Gasteiger partial charge in [0.1, 0.15) is 5.82 Å². The zero-order valence-electron chi connectivity index (χ0n) is 16.6. The fourth-order valence-corrected chi connectivity index (χ4v) is 3.45. The fourth-order valence-electron chi connectivity index (χ4n) is 3.45. The molecule has 1 aliphatic heterocycles. The number of guanidine groups is 1. The minimum atomic E-state index is -0.408. The first-order valence-corrected chi connectivity index (χ1v) is 9.78. The van der Waals surface area contributed by atoms with Gasteiger partial charge in [-0.1, -0.05) is 12.1 Å². The average molecular weight is 417 g/mol. The molecule has 2 amide bonds. The third kappa shape index (κ3) is 4.70. The van der Waals surface area contributed by atoms with Gasteiger partial charge in [0.2, 0.25) is 12.2 Å². The number of nitrogens with zero attached hydrogens (tertiary/aromatic N) is 5. The highest BCUT2D eigenvalue weighted by molar-refractivity contribution is 6.02. The molecule has 1 fully saturated rings. The molecular formula is C22H20FN7O. The Morgan fingerprint density at radius 3 is 2.58 bits per heavy atom. The van der Waals surface area contributed by atoms with E-state index in [1.165, 1.54) is 12.1 Å². The van der Waals surface area contributed by atoms with Gasteiger partial charge in [-0.15, -0.1) is 4.99 Å². The van der Waals surface area contributed by atoms with Gasteiger partial charge < -0.3 is 20.4 Å². The topological polar surface area (TPSA) is 96.7 Å². The second-order valence-corrected chi connectivity index (χ2v) is 6.95. The Balaban J connectivity index is 1.42. The van der Waals surface area contributed by atoms with Crippen molar-refractivity contribution < 1.29 is 9.18 Å². The highest BCUT2D eigenvalue weighted by atomic mass is 19.1. The van der Waals surface area contributed by atoms with Gasteiger partial charge in [0, 0.05) is 43.4 Å². The van der Waals surface area contributed by atoms with Crippen molar-refractivity contribution in [3.8, 4) is 6.19 Å². The number of anilines is 2. The van der Waals surface area contributed by atoms with E-state index in [0.29, 0.717) is 37.8 Å². The number of carbonyl (C=O) groups is 1. The Kier molecular flexibility index (Phi) is 5.89.